The predicted molar refractivity (Wildman–Crippen MR) is 102 cm³/mol. The third-order valence-corrected chi connectivity index (χ3v) is 5.24. The SMILES string of the molecule is CC(C)NS(=O)(=O)Cc1ccc(CNc2ncnc3ccncc23)cc1. The number of hydrogen-bond acceptors (Lipinski definition) is 6. The molecule has 3 aromatic rings. The van der Waals surface area contributed by atoms with Gasteiger partial charge in [0.15, 0.2) is 0 Å². The van der Waals surface area contributed by atoms with Gasteiger partial charge in [0, 0.05) is 25.0 Å². The van der Waals surface area contributed by atoms with Crippen molar-refractivity contribution in [2.45, 2.75) is 32.2 Å². The van der Waals surface area contributed by atoms with Crippen LogP contribution in [0.25, 0.3) is 10.9 Å². The van der Waals surface area contributed by atoms with Gasteiger partial charge in [0.25, 0.3) is 0 Å². The Morgan fingerprint density at radius 3 is 2.50 bits per heavy atom. The summed E-state index contributed by atoms with van der Waals surface area (Å²) < 4.78 is 26.6. The molecule has 8 heteroatoms. The standard InChI is InChI=1S/C18H21N5O2S/c1-13(2)23-26(24,25)11-15-5-3-14(4-6-15)9-20-18-16-10-19-8-7-17(16)21-12-22-18/h3-8,10,12-13,23H,9,11H2,1-2H3,(H,20,21,22). The topological polar surface area (TPSA) is 96.9 Å². The number of fused-ring (bicyclic) bond motifs is 1. The van der Waals surface area contributed by atoms with Crippen LogP contribution in [0.1, 0.15) is 25.0 Å². The molecule has 0 spiro atoms. The van der Waals surface area contributed by atoms with Crippen LogP contribution in [-0.2, 0) is 22.3 Å². The van der Waals surface area contributed by atoms with E-state index in [1.165, 1.54) is 6.33 Å². The number of benzene rings is 1. The average Bonchev–Trinajstić information content (AvgIpc) is 2.59. The average molecular weight is 371 g/mol. The van der Waals surface area contributed by atoms with E-state index in [4.69, 9.17) is 0 Å². The van der Waals surface area contributed by atoms with E-state index < -0.39 is 10.0 Å². The van der Waals surface area contributed by atoms with E-state index >= 15 is 0 Å². The van der Waals surface area contributed by atoms with Crippen LogP contribution in [0.4, 0.5) is 5.82 Å². The Kier molecular flexibility index (Phi) is 5.43. The van der Waals surface area contributed by atoms with Crippen molar-refractivity contribution >= 4 is 26.7 Å². The summed E-state index contributed by atoms with van der Waals surface area (Å²) >= 11 is 0. The van der Waals surface area contributed by atoms with Crippen molar-refractivity contribution in [3.8, 4) is 0 Å². The molecule has 0 amide bonds. The second-order valence-electron chi connectivity index (χ2n) is 6.32. The quantitative estimate of drug-likeness (QED) is 0.662. The molecule has 0 unspecified atom stereocenters. The molecule has 0 aliphatic carbocycles. The molecule has 136 valence electrons. The van der Waals surface area contributed by atoms with Gasteiger partial charge in [-0.05, 0) is 31.0 Å². The summed E-state index contributed by atoms with van der Waals surface area (Å²) in [4.78, 5) is 12.6. The maximum Gasteiger partial charge on any atom is 0.216 e. The molecule has 0 radical (unpaired) electrons. The molecule has 0 saturated carbocycles. The van der Waals surface area contributed by atoms with Crippen LogP contribution < -0.4 is 10.0 Å². The molecule has 2 heterocycles. The molecular weight excluding hydrogens is 350 g/mol. The van der Waals surface area contributed by atoms with E-state index in [1.807, 2.05) is 30.3 Å². The summed E-state index contributed by atoms with van der Waals surface area (Å²) in [6.45, 7) is 4.18. The smallest absolute Gasteiger partial charge is 0.216 e. The lowest BCUT2D eigenvalue weighted by atomic mass is 10.1. The van der Waals surface area contributed by atoms with Crippen LogP contribution in [0, 0.1) is 0 Å². The summed E-state index contributed by atoms with van der Waals surface area (Å²) in [6, 6.07) is 9.21. The fraction of sp³-hybridized carbons (Fsp3) is 0.278. The van der Waals surface area contributed by atoms with Crippen molar-refractivity contribution in [1.29, 1.82) is 0 Å². The van der Waals surface area contributed by atoms with E-state index in [1.54, 1.807) is 26.2 Å². The van der Waals surface area contributed by atoms with E-state index in [9.17, 15) is 8.42 Å². The molecule has 7 nitrogen and oxygen atoms in total. The lowest BCUT2D eigenvalue weighted by molar-refractivity contribution is 0.569. The normalized spacial score (nSPS) is 11.8. The zero-order valence-electron chi connectivity index (χ0n) is 14.7. The number of hydrogen-bond donors (Lipinski definition) is 2. The summed E-state index contributed by atoms with van der Waals surface area (Å²) in [5.41, 5.74) is 2.60. The molecule has 0 atom stereocenters. The molecule has 0 saturated heterocycles. The number of pyridine rings is 1. The maximum absolute atomic E-state index is 12.0. The second kappa shape index (κ2) is 7.76. The van der Waals surface area contributed by atoms with Crippen molar-refractivity contribution in [2.75, 3.05) is 5.32 Å². The third kappa shape index (κ3) is 4.74. The zero-order chi connectivity index (χ0) is 18.6. The van der Waals surface area contributed by atoms with Gasteiger partial charge in [-0.3, -0.25) is 4.98 Å². The first-order valence-corrected chi connectivity index (χ1v) is 9.94. The van der Waals surface area contributed by atoms with Crippen LogP contribution in [0.2, 0.25) is 0 Å². The summed E-state index contributed by atoms with van der Waals surface area (Å²) in [6.07, 6.45) is 4.94. The lowest BCUT2D eigenvalue weighted by Gasteiger charge is -2.11. The lowest BCUT2D eigenvalue weighted by Crippen LogP contribution is -2.31. The molecule has 0 aliphatic heterocycles. The zero-order valence-corrected chi connectivity index (χ0v) is 15.5. The Balaban J connectivity index is 1.66. The van der Waals surface area contributed by atoms with Crippen LogP contribution in [0.15, 0.2) is 49.1 Å². The molecular formula is C18H21N5O2S. The Hall–Kier alpha value is -2.58. The minimum atomic E-state index is -3.32. The van der Waals surface area contributed by atoms with E-state index in [2.05, 4.69) is 25.0 Å². The maximum atomic E-state index is 12.0. The van der Waals surface area contributed by atoms with Crippen LogP contribution in [0.5, 0.6) is 0 Å². The van der Waals surface area contributed by atoms with Gasteiger partial charge in [-0.2, -0.15) is 0 Å². The summed E-state index contributed by atoms with van der Waals surface area (Å²) in [7, 11) is -3.32. The number of rotatable bonds is 7. The monoisotopic (exact) mass is 371 g/mol. The van der Waals surface area contributed by atoms with Crippen molar-refractivity contribution in [1.82, 2.24) is 19.7 Å². The first-order chi connectivity index (χ1) is 12.4. The first kappa shape index (κ1) is 18.2. The van der Waals surface area contributed by atoms with Gasteiger partial charge >= 0.3 is 0 Å². The number of nitrogens with one attached hydrogen (secondary N) is 2. The number of anilines is 1. The molecule has 2 N–H and O–H groups in total. The Labute approximate surface area is 153 Å². The fourth-order valence-electron chi connectivity index (χ4n) is 2.60. The molecule has 3 rings (SSSR count). The molecule has 0 aliphatic rings. The fourth-order valence-corrected chi connectivity index (χ4v) is 4.03. The van der Waals surface area contributed by atoms with E-state index in [-0.39, 0.29) is 11.8 Å². The number of sulfonamides is 1. The highest BCUT2D eigenvalue weighted by Gasteiger charge is 2.12. The minimum Gasteiger partial charge on any atom is -0.365 e. The second-order valence-corrected chi connectivity index (χ2v) is 8.07. The van der Waals surface area contributed by atoms with Crippen molar-refractivity contribution in [3.05, 3.63) is 60.2 Å². The minimum absolute atomic E-state index is 0.0267. The van der Waals surface area contributed by atoms with Crippen molar-refractivity contribution in [2.24, 2.45) is 0 Å². The highest BCUT2D eigenvalue weighted by molar-refractivity contribution is 7.88. The van der Waals surface area contributed by atoms with Gasteiger partial charge in [-0.15, -0.1) is 0 Å². The largest absolute Gasteiger partial charge is 0.365 e. The molecule has 0 fully saturated rings. The van der Waals surface area contributed by atoms with Gasteiger partial charge in [-0.1, -0.05) is 24.3 Å². The highest BCUT2D eigenvalue weighted by Crippen LogP contribution is 2.18. The van der Waals surface area contributed by atoms with Gasteiger partial charge in [0.2, 0.25) is 10.0 Å². The van der Waals surface area contributed by atoms with E-state index in [0.29, 0.717) is 6.54 Å². The molecule has 26 heavy (non-hydrogen) atoms. The first-order valence-electron chi connectivity index (χ1n) is 8.29. The number of aromatic nitrogens is 3. The predicted octanol–water partition coefficient (Wildman–Crippen LogP) is 2.46. The van der Waals surface area contributed by atoms with Gasteiger partial charge in [0.05, 0.1) is 16.7 Å². The number of nitrogens with zero attached hydrogens (tertiary/aromatic N) is 3. The van der Waals surface area contributed by atoms with E-state index in [0.717, 1.165) is 27.8 Å². The summed E-state index contributed by atoms with van der Waals surface area (Å²) in [5, 5.41) is 4.13. The van der Waals surface area contributed by atoms with Gasteiger partial charge in [-0.25, -0.2) is 23.1 Å². The molecule has 1 aromatic carbocycles. The third-order valence-electron chi connectivity index (χ3n) is 3.69. The Morgan fingerprint density at radius 1 is 1.04 bits per heavy atom. The Bertz CT molecular complexity index is 983. The highest BCUT2D eigenvalue weighted by atomic mass is 32.2. The van der Waals surface area contributed by atoms with Crippen LogP contribution >= 0.6 is 0 Å². The van der Waals surface area contributed by atoms with Crippen LogP contribution in [-0.4, -0.2) is 29.4 Å². The van der Waals surface area contributed by atoms with Crippen molar-refractivity contribution in [3.63, 3.8) is 0 Å². The van der Waals surface area contributed by atoms with Crippen molar-refractivity contribution < 1.29 is 8.42 Å². The van der Waals surface area contributed by atoms with Crippen LogP contribution in [0.3, 0.4) is 0 Å². The Morgan fingerprint density at radius 2 is 1.77 bits per heavy atom. The molecule has 0 bridgehead atoms. The summed E-state index contributed by atoms with van der Waals surface area (Å²) in [5.74, 6) is 0.692. The molecule has 2 aromatic heterocycles. The van der Waals surface area contributed by atoms with Gasteiger partial charge in [0.1, 0.15) is 12.1 Å². The van der Waals surface area contributed by atoms with Gasteiger partial charge < -0.3 is 5.32 Å².